The Labute approximate surface area is 458 Å². The molecular weight excluding hydrogens is 1030 g/mol. The Balaban J connectivity index is 1.10. The van der Waals surface area contributed by atoms with Gasteiger partial charge in [0.25, 0.3) is 5.91 Å². The number of rotatable bonds is 19. The molecule has 2 aromatic carbocycles. The van der Waals surface area contributed by atoms with Gasteiger partial charge in [0.1, 0.15) is 23.6 Å². The fraction of sp³-hybridized carbons (Fsp3) is 0.508. The largest absolute Gasteiger partial charge is 0.469 e. The second-order valence-corrected chi connectivity index (χ2v) is 22.8. The number of ketones is 1. The maximum Gasteiger partial charge on any atom is 0.407 e. The van der Waals surface area contributed by atoms with Crippen molar-refractivity contribution in [3.63, 3.8) is 0 Å². The maximum atomic E-state index is 15.8. The van der Waals surface area contributed by atoms with Crippen molar-refractivity contribution >= 4 is 35.5 Å². The van der Waals surface area contributed by atoms with Gasteiger partial charge >= 0.3 is 12.1 Å². The van der Waals surface area contributed by atoms with Crippen LogP contribution in [-0.4, -0.2) is 132 Å². The topological polar surface area (TPSA) is 193 Å². The standard InChI is InChI=1S/C59H71F4N7O9/c1-58(2,3)44(29-52(73)77-7)55(74)67-69(22-21-43-45(60)25-38(26-46(43)61)40-27-47(62)54(63)65-31-40)34-49(72)39(28-48(71)53(59(4,5)6)66-57(76)78-8)24-36-14-11-35(12-15-36)13-16-37-17-20-51(64-30-37)68-32-41-18-19-42(33-68)70(41)56(75)50-10-9-23-79-50/h11-12,14-15,17,20,25-27,30-31,39,41-42,44,49-50,53,72H,9-10,18-19,21-24,28-29,32-34H2,1-8H3,(H,66,76)(H,67,74)/t39-,41?,42?,44-,49+,50+,53-/m1/s1. The van der Waals surface area contributed by atoms with Crippen LogP contribution in [0.5, 0.6) is 0 Å². The van der Waals surface area contributed by atoms with E-state index in [1.165, 1.54) is 19.2 Å². The number of piperazine rings is 1. The average Bonchev–Trinajstić information content (AvgIpc) is 4.19. The van der Waals surface area contributed by atoms with Crippen molar-refractivity contribution in [2.75, 3.05) is 51.9 Å². The van der Waals surface area contributed by atoms with Gasteiger partial charge in [0.15, 0.2) is 11.6 Å². The Morgan fingerprint density at radius 3 is 2.03 bits per heavy atom. The van der Waals surface area contributed by atoms with Crippen molar-refractivity contribution in [2.45, 2.75) is 123 Å². The normalized spacial score (nSPS) is 18.7. The molecule has 79 heavy (non-hydrogen) atoms. The van der Waals surface area contributed by atoms with E-state index >= 15 is 8.78 Å². The molecule has 2 aromatic heterocycles. The van der Waals surface area contributed by atoms with Crippen LogP contribution in [0.1, 0.15) is 102 Å². The average molecular weight is 1100 g/mol. The summed E-state index contributed by atoms with van der Waals surface area (Å²) in [5, 5.41) is 16.2. The number of carbonyl (C=O) groups is 5. The molecule has 3 aliphatic rings. The molecule has 0 radical (unpaired) electrons. The molecule has 2 bridgehead atoms. The summed E-state index contributed by atoms with van der Waals surface area (Å²) in [5.74, 6) is -1.06. The first-order valence-electron chi connectivity index (χ1n) is 26.6. The molecule has 20 heteroatoms. The summed E-state index contributed by atoms with van der Waals surface area (Å²) in [7, 11) is 2.36. The SMILES string of the molecule is COC(=O)C[C@H](C(=O)NN(CCc1c(F)cc(-c2cnc(F)c(F)c2)cc1F)C[C@H](O)[C@@H](CC(=O)[C@@H](NC(=O)OC)C(C)(C)C)Cc1ccc(C#Cc2ccc(N3CC4CCC(C3)N4C(=O)[C@@H]3CCCO3)nc2)cc1)C(C)(C)C. The molecule has 0 aliphatic carbocycles. The molecule has 0 spiro atoms. The Bertz CT molecular complexity index is 2860. The molecule has 2 unspecified atom stereocenters. The number of esters is 1. The molecule has 3 aliphatic heterocycles. The highest BCUT2D eigenvalue weighted by Crippen LogP contribution is 2.35. The number of aliphatic hydroxyl groups excluding tert-OH is 1. The number of pyridine rings is 2. The number of alkyl carbamates (subject to hydrolysis) is 1. The van der Waals surface area contributed by atoms with Gasteiger partial charge in [0, 0.05) is 85.9 Å². The lowest BCUT2D eigenvalue weighted by atomic mass is 9.78. The highest BCUT2D eigenvalue weighted by atomic mass is 19.2. The number of amides is 3. The van der Waals surface area contributed by atoms with Crippen molar-refractivity contribution in [1.82, 2.24) is 30.6 Å². The minimum atomic E-state index is -1.42. The number of ether oxygens (including phenoxy) is 3. The number of carbonyl (C=O) groups excluding carboxylic acids is 5. The number of Topliss-reactive ketones (excluding diaryl/α,β-unsaturated/α-hetero) is 1. The highest BCUT2D eigenvalue weighted by molar-refractivity contribution is 5.88. The molecule has 3 N–H and O–H groups in total. The van der Waals surface area contributed by atoms with Crippen LogP contribution in [0.4, 0.5) is 28.2 Å². The number of aromatic nitrogens is 2. The van der Waals surface area contributed by atoms with Crippen molar-refractivity contribution in [2.24, 2.45) is 22.7 Å². The van der Waals surface area contributed by atoms with Gasteiger partial charge < -0.3 is 34.4 Å². The molecule has 424 valence electrons. The van der Waals surface area contributed by atoms with Crippen molar-refractivity contribution in [3.8, 4) is 23.0 Å². The fourth-order valence-corrected chi connectivity index (χ4v) is 10.6. The summed E-state index contributed by atoms with van der Waals surface area (Å²) in [6.07, 6.45) is 2.79. The molecule has 3 saturated heterocycles. The summed E-state index contributed by atoms with van der Waals surface area (Å²) < 4.78 is 74.7. The number of hydrogen-bond acceptors (Lipinski definition) is 13. The number of nitrogens with zero attached hydrogens (tertiary/aromatic N) is 5. The molecule has 3 amide bonds. The van der Waals surface area contributed by atoms with Crippen LogP contribution in [-0.2, 0) is 46.2 Å². The van der Waals surface area contributed by atoms with Crippen LogP contribution in [0.15, 0.2) is 67.0 Å². The van der Waals surface area contributed by atoms with Crippen molar-refractivity contribution in [1.29, 1.82) is 0 Å². The van der Waals surface area contributed by atoms with E-state index < -0.39 is 87.5 Å². The molecule has 4 aromatic rings. The van der Waals surface area contributed by atoms with E-state index in [0.717, 1.165) is 55.9 Å². The number of hydrazine groups is 1. The van der Waals surface area contributed by atoms with E-state index in [1.54, 1.807) is 59.9 Å². The lowest BCUT2D eigenvalue weighted by molar-refractivity contribution is -0.148. The van der Waals surface area contributed by atoms with Gasteiger partial charge in [-0.25, -0.2) is 32.9 Å². The molecule has 7 rings (SSSR count). The minimum Gasteiger partial charge on any atom is -0.469 e. The van der Waals surface area contributed by atoms with Gasteiger partial charge in [-0.3, -0.25) is 24.6 Å². The minimum absolute atomic E-state index is 0.0734. The summed E-state index contributed by atoms with van der Waals surface area (Å²) in [5.41, 5.74) is 2.64. The van der Waals surface area contributed by atoms with E-state index in [1.807, 2.05) is 29.2 Å². The summed E-state index contributed by atoms with van der Waals surface area (Å²) >= 11 is 0. The Morgan fingerprint density at radius 2 is 1.46 bits per heavy atom. The first-order valence-corrected chi connectivity index (χ1v) is 26.6. The monoisotopic (exact) mass is 1100 g/mol. The number of anilines is 1. The van der Waals surface area contributed by atoms with Gasteiger partial charge in [-0.15, -0.1) is 0 Å². The predicted molar refractivity (Wildman–Crippen MR) is 286 cm³/mol. The Hall–Kier alpha value is -6.95. The van der Waals surface area contributed by atoms with Crippen LogP contribution < -0.4 is 15.6 Å². The number of nitrogens with one attached hydrogen (secondary N) is 2. The second kappa shape index (κ2) is 25.9. The maximum absolute atomic E-state index is 15.8. The lowest BCUT2D eigenvalue weighted by Crippen LogP contribution is -2.58. The number of aliphatic hydroxyl groups is 1. The first-order chi connectivity index (χ1) is 37.4. The smallest absolute Gasteiger partial charge is 0.407 e. The quantitative estimate of drug-likeness (QED) is 0.0275. The molecule has 16 nitrogen and oxygen atoms in total. The van der Waals surface area contributed by atoms with Crippen molar-refractivity contribution < 1.29 is 60.9 Å². The van der Waals surface area contributed by atoms with Crippen LogP contribution in [0.25, 0.3) is 11.1 Å². The number of benzene rings is 2. The highest BCUT2D eigenvalue weighted by Gasteiger charge is 2.45. The second-order valence-electron chi connectivity index (χ2n) is 22.8. The molecule has 3 fully saturated rings. The van der Waals surface area contributed by atoms with Crippen LogP contribution in [0, 0.1) is 57.9 Å². The summed E-state index contributed by atoms with van der Waals surface area (Å²) in [6.45, 7) is 11.9. The van der Waals surface area contributed by atoms with Gasteiger partial charge in [0.2, 0.25) is 11.9 Å². The number of halogens is 4. The van der Waals surface area contributed by atoms with Gasteiger partial charge in [-0.1, -0.05) is 65.5 Å². The van der Waals surface area contributed by atoms with Crippen LogP contribution in [0.3, 0.4) is 0 Å². The third-order valence-electron chi connectivity index (χ3n) is 15.0. The fourth-order valence-electron chi connectivity index (χ4n) is 10.6. The van der Waals surface area contributed by atoms with Crippen LogP contribution in [0.2, 0.25) is 0 Å². The zero-order chi connectivity index (χ0) is 57.3. The van der Waals surface area contributed by atoms with Gasteiger partial charge in [0.05, 0.1) is 38.7 Å². The Morgan fingerprint density at radius 1 is 0.810 bits per heavy atom. The third-order valence-corrected chi connectivity index (χ3v) is 15.0. The third kappa shape index (κ3) is 15.5. The van der Waals surface area contributed by atoms with E-state index in [9.17, 15) is 37.9 Å². The van der Waals surface area contributed by atoms with E-state index in [4.69, 9.17) is 19.2 Å². The van der Waals surface area contributed by atoms with E-state index in [2.05, 4.69) is 32.5 Å². The number of hydrogen-bond donors (Lipinski definition) is 3. The van der Waals surface area contributed by atoms with Crippen LogP contribution >= 0.6 is 0 Å². The number of methoxy groups -OCH3 is 2. The molecule has 5 heterocycles. The van der Waals surface area contributed by atoms with Crippen molar-refractivity contribution in [3.05, 3.63) is 113 Å². The molecule has 0 saturated carbocycles. The molecular formula is C59H71F4N7O9. The first kappa shape index (κ1) is 59.7. The zero-order valence-corrected chi connectivity index (χ0v) is 46.0. The number of fused-ring (bicyclic) bond motifs is 2. The predicted octanol–water partition coefficient (Wildman–Crippen LogP) is 7.51. The van der Waals surface area contributed by atoms with E-state index in [-0.39, 0.29) is 74.0 Å². The summed E-state index contributed by atoms with van der Waals surface area (Å²) in [4.78, 5) is 79.1. The Kier molecular flexibility index (Phi) is 19.6. The summed E-state index contributed by atoms with van der Waals surface area (Å²) in [6, 6.07) is 12.9. The lowest BCUT2D eigenvalue weighted by Gasteiger charge is -2.42. The van der Waals surface area contributed by atoms with Gasteiger partial charge in [-0.2, -0.15) is 4.39 Å². The molecule has 7 atom stereocenters. The zero-order valence-electron chi connectivity index (χ0n) is 46.0. The van der Waals surface area contributed by atoms with E-state index in [0.29, 0.717) is 36.4 Å². The van der Waals surface area contributed by atoms with Gasteiger partial charge in [-0.05, 0) is 109 Å².